The minimum absolute atomic E-state index is 0.0960. The third-order valence-corrected chi connectivity index (χ3v) is 6.37. The quantitative estimate of drug-likeness (QED) is 0.189. The molecule has 0 aliphatic rings. The average Bonchev–Trinajstić information content (AvgIpc) is 2.97. The van der Waals surface area contributed by atoms with E-state index in [4.69, 9.17) is 14.6 Å². The van der Waals surface area contributed by atoms with Crippen LogP contribution in [0.4, 0.5) is 9.59 Å². The summed E-state index contributed by atoms with van der Waals surface area (Å²) in [5.41, 5.74) is 1.73. The number of ether oxygens (including phenoxy) is 2. The number of benzene rings is 2. The number of hydrogen-bond acceptors (Lipinski definition) is 7. The molecule has 5 N–H and O–H groups in total. The summed E-state index contributed by atoms with van der Waals surface area (Å²) in [6.45, 7) is 11.7. The van der Waals surface area contributed by atoms with Gasteiger partial charge in [-0.3, -0.25) is 4.79 Å². The van der Waals surface area contributed by atoms with E-state index >= 15 is 0 Å². The molecule has 0 saturated heterocycles. The summed E-state index contributed by atoms with van der Waals surface area (Å²) in [5, 5.41) is 26.1. The van der Waals surface area contributed by atoms with Crippen molar-refractivity contribution in [3.05, 3.63) is 71.8 Å². The van der Waals surface area contributed by atoms with Crippen molar-refractivity contribution < 1.29 is 38.9 Å². The molecule has 0 aromatic heterocycles. The Kier molecular flexibility index (Phi) is 17.9. The molecule has 0 spiro atoms. The summed E-state index contributed by atoms with van der Waals surface area (Å²) in [4.78, 5) is 47.0. The lowest BCUT2D eigenvalue weighted by Gasteiger charge is -2.25. The lowest BCUT2D eigenvalue weighted by atomic mass is 10.0. The van der Waals surface area contributed by atoms with Crippen LogP contribution in [0.5, 0.6) is 0 Å². The summed E-state index contributed by atoms with van der Waals surface area (Å²) in [6.07, 6.45) is -0.482. The number of alkyl carbamates (subject to hydrolysis) is 2. The van der Waals surface area contributed by atoms with Crippen molar-refractivity contribution in [3.8, 4) is 0 Å². The number of carbonyl (C=O) groups excluding carboxylic acids is 3. The van der Waals surface area contributed by atoms with Gasteiger partial charge in [0, 0.05) is 0 Å². The number of aliphatic hydroxyl groups is 1. The second-order valence-corrected chi connectivity index (χ2v) is 11.7. The largest absolute Gasteiger partial charge is 0.480 e. The van der Waals surface area contributed by atoms with E-state index in [-0.39, 0.29) is 49.5 Å². The van der Waals surface area contributed by atoms with Gasteiger partial charge in [0.05, 0.1) is 12.6 Å². The Morgan fingerprint density at radius 2 is 1.07 bits per heavy atom. The number of carboxylic acid groups (broad SMARTS) is 1. The molecule has 0 heterocycles. The SMILES string of the molecule is CC(C)C[C@H](NC(=O)OCc1ccccc1)C(=O)N[C@H](CO)C(C)C.CC(C)C[C@H](NC(=O)OCc1ccccc1)C(=O)O. The molecule has 11 nitrogen and oxygen atoms in total. The maximum absolute atomic E-state index is 12.5. The minimum Gasteiger partial charge on any atom is -0.480 e. The van der Waals surface area contributed by atoms with Crippen LogP contribution in [-0.2, 0) is 32.3 Å². The lowest BCUT2D eigenvalue weighted by Crippen LogP contribution is -2.52. The number of carboxylic acids is 1. The first-order chi connectivity index (χ1) is 20.8. The van der Waals surface area contributed by atoms with Crippen molar-refractivity contribution in [2.75, 3.05) is 6.61 Å². The Balaban J connectivity index is 0.000000457. The minimum atomic E-state index is -1.05. The maximum Gasteiger partial charge on any atom is 0.408 e. The van der Waals surface area contributed by atoms with Crippen LogP contribution in [0, 0.1) is 17.8 Å². The monoisotopic (exact) mass is 615 g/mol. The van der Waals surface area contributed by atoms with Crippen LogP contribution in [0.15, 0.2) is 60.7 Å². The van der Waals surface area contributed by atoms with Gasteiger partial charge in [-0.25, -0.2) is 14.4 Å². The first-order valence-electron chi connectivity index (χ1n) is 14.9. The van der Waals surface area contributed by atoms with E-state index in [1.54, 1.807) is 0 Å². The van der Waals surface area contributed by atoms with Crippen LogP contribution in [0.1, 0.15) is 65.5 Å². The van der Waals surface area contributed by atoms with Gasteiger partial charge in [-0.15, -0.1) is 0 Å². The van der Waals surface area contributed by atoms with E-state index in [2.05, 4.69) is 16.0 Å². The molecule has 3 atom stereocenters. The Morgan fingerprint density at radius 3 is 1.43 bits per heavy atom. The van der Waals surface area contributed by atoms with E-state index in [9.17, 15) is 24.3 Å². The second kappa shape index (κ2) is 20.7. The third kappa shape index (κ3) is 16.5. The molecule has 0 radical (unpaired) electrons. The van der Waals surface area contributed by atoms with Gasteiger partial charge in [0.15, 0.2) is 0 Å². The molecule has 0 fully saturated rings. The molecule has 2 aromatic carbocycles. The maximum atomic E-state index is 12.5. The van der Waals surface area contributed by atoms with Gasteiger partial charge in [0.25, 0.3) is 0 Å². The van der Waals surface area contributed by atoms with Crippen LogP contribution in [0.25, 0.3) is 0 Å². The molecule has 0 aliphatic heterocycles. The molecule has 0 bridgehead atoms. The summed E-state index contributed by atoms with van der Waals surface area (Å²) < 4.78 is 10.2. The van der Waals surface area contributed by atoms with E-state index in [1.165, 1.54) is 0 Å². The second-order valence-electron chi connectivity index (χ2n) is 11.7. The van der Waals surface area contributed by atoms with E-state index < -0.39 is 30.2 Å². The number of nitrogens with one attached hydrogen (secondary N) is 3. The van der Waals surface area contributed by atoms with Crippen LogP contribution in [0.3, 0.4) is 0 Å². The summed E-state index contributed by atoms with van der Waals surface area (Å²) in [5.74, 6) is -0.866. The predicted octanol–water partition coefficient (Wildman–Crippen LogP) is 4.87. The summed E-state index contributed by atoms with van der Waals surface area (Å²) in [6, 6.07) is 16.6. The van der Waals surface area contributed by atoms with Crippen molar-refractivity contribution >= 4 is 24.1 Å². The first kappa shape index (κ1) is 37.9. The number of aliphatic hydroxyl groups excluding tert-OH is 1. The molecule has 0 aliphatic carbocycles. The van der Waals surface area contributed by atoms with Gasteiger partial charge in [-0.2, -0.15) is 0 Å². The van der Waals surface area contributed by atoms with Gasteiger partial charge >= 0.3 is 18.2 Å². The van der Waals surface area contributed by atoms with Gasteiger partial charge < -0.3 is 35.6 Å². The highest BCUT2D eigenvalue weighted by molar-refractivity contribution is 5.85. The molecule has 44 heavy (non-hydrogen) atoms. The predicted molar refractivity (Wildman–Crippen MR) is 168 cm³/mol. The van der Waals surface area contributed by atoms with E-state index in [1.807, 2.05) is 102 Å². The van der Waals surface area contributed by atoms with Crippen molar-refractivity contribution in [2.45, 2.75) is 85.7 Å². The number of carbonyl (C=O) groups is 4. The van der Waals surface area contributed by atoms with Gasteiger partial charge in [-0.1, -0.05) is 102 Å². The standard InChI is InChI=1S/C19H30N2O4.C14H19NO4/c1-13(2)10-16(18(23)20-17(11-22)14(3)4)21-19(24)25-12-15-8-6-5-7-9-15;1-10(2)8-12(13(16)17)15-14(18)19-9-11-6-4-3-5-7-11/h5-9,13-14,16-17,22H,10-12H2,1-4H3,(H,20,23)(H,21,24);3-7,10,12H,8-9H2,1-2H3,(H,15,18)(H,16,17)/t16-,17+;12-/m00/s1. The highest BCUT2D eigenvalue weighted by Gasteiger charge is 2.26. The molecule has 0 unspecified atom stereocenters. The molecule has 0 saturated carbocycles. The van der Waals surface area contributed by atoms with Gasteiger partial charge in [-0.05, 0) is 41.7 Å². The molecular formula is C33H49N3O8. The Labute approximate surface area is 260 Å². The molecule has 2 rings (SSSR count). The smallest absolute Gasteiger partial charge is 0.408 e. The topological polar surface area (TPSA) is 163 Å². The number of hydrogen-bond donors (Lipinski definition) is 5. The zero-order valence-corrected chi connectivity index (χ0v) is 26.6. The van der Waals surface area contributed by atoms with Gasteiger partial charge in [0.2, 0.25) is 5.91 Å². The van der Waals surface area contributed by atoms with E-state index in [0.717, 1.165) is 11.1 Å². The van der Waals surface area contributed by atoms with Crippen molar-refractivity contribution in [1.82, 2.24) is 16.0 Å². The molecule has 11 heteroatoms. The lowest BCUT2D eigenvalue weighted by molar-refractivity contribution is -0.139. The summed E-state index contributed by atoms with van der Waals surface area (Å²) >= 11 is 0. The highest BCUT2D eigenvalue weighted by atomic mass is 16.6. The fourth-order valence-corrected chi connectivity index (χ4v) is 3.92. The van der Waals surface area contributed by atoms with Crippen molar-refractivity contribution in [2.24, 2.45) is 17.8 Å². The number of aliphatic carboxylic acids is 1. The fourth-order valence-electron chi connectivity index (χ4n) is 3.92. The fraction of sp³-hybridized carbons (Fsp3) is 0.515. The highest BCUT2D eigenvalue weighted by Crippen LogP contribution is 2.09. The average molecular weight is 616 g/mol. The third-order valence-electron chi connectivity index (χ3n) is 6.37. The number of amides is 3. The van der Waals surface area contributed by atoms with Crippen LogP contribution >= 0.6 is 0 Å². The zero-order valence-electron chi connectivity index (χ0n) is 26.6. The van der Waals surface area contributed by atoms with Crippen molar-refractivity contribution in [3.63, 3.8) is 0 Å². The van der Waals surface area contributed by atoms with E-state index in [0.29, 0.717) is 12.8 Å². The molecule has 2 aromatic rings. The van der Waals surface area contributed by atoms with Gasteiger partial charge in [0.1, 0.15) is 25.3 Å². The van der Waals surface area contributed by atoms with Crippen LogP contribution in [0.2, 0.25) is 0 Å². The van der Waals surface area contributed by atoms with Crippen molar-refractivity contribution in [1.29, 1.82) is 0 Å². The summed E-state index contributed by atoms with van der Waals surface area (Å²) in [7, 11) is 0. The van der Waals surface area contributed by atoms with Crippen LogP contribution < -0.4 is 16.0 Å². The number of rotatable bonds is 15. The molecule has 244 valence electrons. The normalized spacial score (nSPS) is 12.8. The molecule has 3 amide bonds. The Bertz CT molecular complexity index is 1130. The first-order valence-corrected chi connectivity index (χ1v) is 14.9. The Hall–Kier alpha value is -4.12. The zero-order chi connectivity index (χ0) is 33.1. The van der Waals surface area contributed by atoms with Crippen LogP contribution in [-0.4, -0.2) is 59.0 Å². The Morgan fingerprint density at radius 1 is 0.659 bits per heavy atom. The molecular weight excluding hydrogens is 566 g/mol.